The zero-order valence-electron chi connectivity index (χ0n) is 25.8. The number of aromatic nitrogens is 2. The summed E-state index contributed by atoms with van der Waals surface area (Å²) in [7, 11) is 0. The maximum atomic E-state index is 13.0. The van der Waals surface area contributed by atoms with Crippen molar-refractivity contribution in [1.29, 1.82) is 0 Å². The van der Waals surface area contributed by atoms with Crippen LogP contribution >= 0.6 is 0 Å². The highest BCUT2D eigenvalue weighted by Gasteiger charge is 2.34. The number of hydrogen-bond donors (Lipinski definition) is 4. The summed E-state index contributed by atoms with van der Waals surface area (Å²) in [4.78, 5) is 61.6. The van der Waals surface area contributed by atoms with E-state index in [0.717, 1.165) is 61.4 Å². The summed E-state index contributed by atoms with van der Waals surface area (Å²) < 4.78 is 0. The highest BCUT2D eigenvalue weighted by Crippen LogP contribution is 2.36. The van der Waals surface area contributed by atoms with E-state index in [0.29, 0.717) is 36.9 Å². The van der Waals surface area contributed by atoms with Crippen LogP contribution in [0.3, 0.4) is 0 Å². The van der Waals surface area contributed by atoms with E-state index in [-0.39, 0.29) is 37.0 Å². The monoisotopic (exact) mass is 598 g/mol. The molecule has 0 spiro atoms. The Bertz CT molecular complexity index is 1850. The van der Waals surface area contributed by atoms with E-state index in [9.17, 15) is 29.4 Å². The van der Waals surface area contributed by atoms with Crippen LogP contribution in [0.1, 0.15) is 80.6 Å². The van der Waals surface area contributed by atoms with Crippen LogP contribution in [0.2, 0.25) is 0 Å². The Balaban J connectivity index is 1.69. The zero-order valence-corrected chi connectivity index (χ0v) is 25.8. The number of fused-ring (bicyclic) bond motifs is 2. The molecule has 44 heavy (non-hydrogen) atoms. The van der Waals surface area contributed by atoms with Crippen LogP contribution in [0.15, 0.2) is 33.5 Å². The molecule has 0 saturated heterocycles. The minimum atomic E-state index is -0.913. The van der Waals surface area contributed by atoms with Gasteiger partial charge in [-0.25, -0.2) is 4.99 Å². The van der Waals surface area contributed by atoms with Crippen LogP contribution in [-0.4, -0.2) is 61.1 Å². The number of allylic oxidation sites excluding steroid dienone is 2. The first-order valence-corrected chi connectivity index (χ1v) is 15.1. The molecule has 0 saturated carbocycles. The standard InChI is InChI=1S/C34H38N4O6/c1-6-20-19(5)33(43)37-26(20)14-25-17(3)22(8-10-31(39)40)27(35-25)15-28-23(9-11-32(41)42)24-12-13-38-30(16-29(24)36-28)18(4)21(7-2)34(38)44/h6,14-16,19,35-36H,7-13H2,1-5H3,(H,39,40)(H,41,42)/b20-6-,25-14+,27-15-. The van der Waals surface area contributed by atoms with Gasteiger partial charge in [0, 0.05) is 52.7 Å². The van der Waals surface area contributed by atoms with Gasteiger partial charge in [0.1, 0.15) is 0 Å². The highest BCUT2D eigenvalue weighted by atomic mass is 16.4. The Morgan fingerprint density at radius 3 is 2.36 bits per heavy atom. The molecule has 3 aliphatic rings. The van der Waals surface area contributed by atoms with Crippen LogP contribution < -0.4 is 10.7 Å². The molecule has 0 radical (unpaired) electrons. The number of rotatable bonds is 9. The number of carbonyl (C=O) groups is 4. The molecule has 3 aliphatic heterocycles. The highest BCUT2D eigenvalue weighted by molar-refractivity contribution is 6.29. The summed E-state index contributed by atoms with van der Waals surface area (Å²) in [6.45, 7) is 10.0. The number of carboxylic acids is 2. The lowest BCUT2D eigenvalue weighted by molar-refractivity contribution is -0.138. The number of nitrogens with one attached hydrogen (secondary N) is 2. The minimum absolute atomic E-state index is 0.0259. The molecule has 10 nitrogen and oxygen atoms in total. The summed E-state index contributed by atoms with van der Waals surface area (Å²) in [5.41, 5.74) is 9.15. The second-order valence-corrected chi connectivity index (χ2v) is 11.5. The van der Waals surface area contributed by atoms with Gasteiger partial charge in [-0.1, -0.05) is 13.0 Å². The summed E-state index contributed by atoms with van der Waals surface area (Å²) in [5.74, 6) is -2.31. The van der Waals surface area contributed by atoms with Gasteiger partial charge in [0.2, 0.25) is 0 Å². The van der Waals surface area contributed by atoms with Gasteiger partial charge >= 0.3 is 11.9 Å². The van der Waals surface area contributed by atoms with Gasteiger partial charge in [-0.05, 0) is 105 Å². The van der Waals surface area contributed by atoms with Crippen LogP contribution in [-0.2, 0) is 38.4 Å². The fourth-order valence-electron chi connectivity index (χ4n) is 6.58. The van der Waals surface area contributed by atoms with E-state index in [1.807, 2.05) is 63.8 Å². The average molecular weight is 599 g/mol. The zero-order chi connectivity index (χ0) is 31.9. The van der Waals surface area contributed by atoms with Crippen molar-refractivity contribution < 1.29 is 29.4 Å². The molecule has 2 aromatic rings. The topological polar surface area (TPSA) is 156 Å². The van der Waals surface area contributed by atoms with Crippen molar-refractivity contribution in [3.8, 4) is 0 Å². The maximum Gasteiger partial charge on any atom is 0.303 e. The first-order chi connectivity index (χ1) is 20.9. The van der Waals surface area contributed by atoms with E-state index in [1.54, 1.807) is 0 Å². The second kappa shape index (κ2) is 12.1. The summed E-state index contributed by atoms with van der Waals surface area (Å²) in [6.07, 6.45) is 9.30. The lowest BCUT2D eigenvalue weighted by Crippen LogP contribution is -2.27. The Hall–Kier alpha value is -4.73. The van der Waals surface area contributed by atoms with Crippen molar-refractivity contribution in [3.05, 3.63) is 72.8 Å². The molecule has 0 aromatic carbocycles. The molecule has 10 heteroatoms. The van der Waals surface area contributed by atoms with Gasteiger partial charge in [0.25, 0.3) is 11.8 Å². The molecule has 2 amide bonds. The number of nitrogens with zero attached hydrogens (tertiary/aromatic N) is 2. The number of H-pyrrole nitrogens is 2. The normalized spacial score (nSPS) is 20.0. The van der Waals surface area contributed by atoms with E-state index < -0.39 is 11.9 Å². The van der Waals surface area contributed by atoms with Gasteiger partial charge in [-0.3, -0.25) is 19.2 Å². The van der Waals surface area contributed by atoms with E-state index in [4.69, 9.17) is 0 Å². The molecule has 5 heterocycles. The first kappa shape index (κ1) is 30.7. The Morgan fingerprint density at radius 1 is 1.05 bits per heavy atom. The third-order valence-electron chi connectivity index (χ3n) is 9.01. The van der Waals surface area contributed by atoms with Gasteiger partial charge < -0.3 is 25.1 Å². The number of aliphatic imine (C=N–C) groups is 1. The van der Waals surface area contributed by atoms with Crippen LogP contribution in [0.5, 0.6) is 0 Å². The molecular formula is C34H38N4O6. The third kappa shape index (κ3) is 5.52. The molecular weight excluding hydrogens is 560 g/mol. The van der Waals surface area contributed by atoms with Crippen LogP contribution in [0.4, 0.5) is 0 Å². The summed E-state index contributed by atoms with van der Waals surface area (Å²) >= 11 is 0. The first-order valence-electron chi connectivity index (χ1n) is 15.1. The van der Waals surface area contributed by atoms with Crippen molar-refractivity contribution in [3.63, 3.8) is 0 Å². The van der Waals surface area contributed by atoms with Crippen LogP contribution in [0.25, 0.3) is 18.2 Å². The lowest BCUT2D eigenvalue weighted by Gasteiger charge is -2.17. The van der Waals surface area contributed by atoms with Crippen molar-refractivity contribution in [2.75, 3.05) is 6.54 Å². The van der Waals surface area contributed by atoms with E-state index in [1.165, 1.54) is 0 Å². The van der Waals surface area contributed by atoms with Crippen LogP contribution in [0, 0.1) is 12.8 Å². The van der Waals surface area contributed by atoms with Crippen molar-refractivity contribution in [1.82, 2.24) is 14.9 Å². The predicted molar refractivity (Wildman–Crippen MR) is 167 cm³/mol. The number of carbonyl (C=O) groups excluding carboxylic acids is 2. The maximum absolute atomic E-state index is 13.0. The smallest absolute Gasteiger partial charge is 0.303 e. The van der Waals surface area contributed by atoms with Crippen molar-refractivity contribution in [2.45, 2.75) is 73.1 Å². The van der Waals surface area contributed by atoms with Crippen molar-refractivity contribution >= 4 is 47.7 Å². The number of aliphatic carboxylic acids is 2. The predicted octanol–water partition coefficient (Wildman–Crippen LogP) is 3.32. The quantitative estimate of drug-likeness (QED) is 0.347. The fraction of sp³-hybridized carbons (Fsp3) is 0.382. The lowest BCUT2D eigenvalue weighted by atomic mass is 9.98. The van der Waals surface area contributed by atoms with Gasteiger partial charge in [0.15, 0.2) is 0 Å². The largest absolute Gasteiger partial charge is 0.481 e. The Labute approximate surface area is 255 Å². The van der Waals surface area contributed by atoms with E-state index in [2.05, 4.69) is 15.0 Å². The number of hydrogen-bond acceptors (Lipinski definition) is 4. The van der Waals surface area contributed by atoms with Crippen molar-refractivity contribution in [2.24, 2.45) is 10.9 Å². The number of carboxylic acid groups (broad SMARTS) is 2. The van der Waals surface area contributed by atoms with Gasteiger partial charge in [0.05, 0.1) is 11.6 Å². The van der Waals surface area contributed by atoms with E-state index >= 15 is 0 Å². The molecule has 0 fully saturated rings. The minimum Gasteiger partial charge on any atom is -0.481 e. The molecule has 2 aromatic heterocycles. The fourth-order valence-corrected chi connectivity index (χ4v) is 6.58. The molecule has 1 atom stereocenters. The molecule has 0 bridgehead atoms. The third-order valence-corrected chi connectivity index (χ3v) is 9.01. The Kier molecular flexibility index (Phi) is 8.45. The SMILES string of the molecule is C/C=C1\C(/C=c2/[nH]/c(=C\c3[nH]c4c(c3CCC(=O)O)CCN3C(=O)C(CC)=C(C)C3=C4)c(CCC(=O)O)c2C)=NC(=O)C1C. The molecule has 4 N–H and O–H groups in total. The Morgan fingerprint density at radius 2 is 1.73 bits per heavy atom. The molecule has 230 valence electrons. The molecule has 0 aliphatic carbocycles. The second-order valence-electron chi connectivity index (χ2n) is 11.5. The average Bonchev–Trinajstić information content (AvgIpc) is 3.56. The number of aromatic amines is 2. The van der Waals surface area contributed by atoms with Gasteiger partial charge in [-0.15, -0.1) is 0 Å². The number of amides is 2. The van der Waals surface area contributed by atoms with Gasteiger partial charge in [-0.2, -0.15) is 0 Å². The summed E-state index contributed by atoms with van der Waals surface area (Å²) in [6, 6.07) is 0. The molecule has 1 unspecified atom stereocenters. The summed E-state index contributed by atoms with van der Waals surface area (Å²) in [5, 5.41) is 20.4. The molecule has 5 rings (SSSR count).